The summed E-state index contributed by atoms with van der Waals surface area (Å²) in [5.74, 6) is 7.14. The molecule has 4 nitrogen and oxygen atoms in total. The number of rotatable bonds is 2. The van der Waals surface area contributed by atoms with Crippen molar-refractivity contribution in [1.29, 1.82) is 0 Å². The lowest BCUT2D eigenvalue weighted by Gasteiger charge is -1.91. The molecule has 7 heteroatoms. The van der Waals surface area contributed by atoms with Crippen LogP contribution in [0.25, 0.3) is 11.0 Å². The highest BCUT2D eigenvalue weighted by molar-refractivity contribution is 5.86. The molecule has 0 bridgehead atoms. The lowest BCUT2D eigenvalue weighted by atomic mass is 10.2. The first-order chi connectivity index (χ1) is 9.85. The number of imidazole rings is 1. The molecule has 0 atom stereocenters. The highest BCUT2D eigenvalue weighted by Crippen LogP contribution is 2.13. The van der Waals surface area contributed by atoms with Gasteiger partial charge in [-0.25, -0.2) is 4.98 Å². The van der Waals surface area contributed by atoms with Crippen molar-refractivity contribution in [1.82, 2.24) is 15.0 Å². The van der Waals surface area contributed by atoms with Crippen LogP contribution < -0.4 is 5.73 Å². The van der Waals surface area contributed by atoms with E-state index >= 15 is 0 Å². The summed E-state index contributed by atoms with van der Waals surface area (Å²) < 4.78 is 0. The Bertz CT molecular complexity index is 791. The maximum Gasteiger partial charge on any atom is 0.108 e. The monoisotopic (exact) mass is 370 g/mol. The standard InChI is InChI=1S/C16H14N4.3ClH/c17-8-7-16-19-14-6-5-12(10-15(14)20-16)3-4-13-2-1-9-18-11-13;;;/h1-2,5-6,9-11H,7-8,17H2,(H,19,20);3*1H. The van der Waals surface area contributed by atoms with Crippen LogP contribution in [0.3, 0.4) is 0 Å². The summed E-state index contributed by atoms with van der Waals surface area (Å²) in [6.45, 7) is 0.591. The van der Waals surface area contributed by atoms with Crippen LogP contribution in [-0.4, -0.2) is 21.5 Å². The van der Waals surface area contributed by atoms with Gasteiger partial charge >= 0.3 is 0 Å². The van der Waals surface area contributed by atoms with Gasteiger partial charge in [0.15, 0.2) is 0 Å². The summed E-state index contributed by atoms with van der Waals surface area (Å²) in [5, 5.41) is 0. The van der Waals surface area contributed by atoms with Crippen molar-refractivity contribution in [2.45, 2.75) is 6.42 Å². The summed E-state index contributed by atoms with van der Waals surface area (Å²) in [4.78, 5) is 11.8. The van der Waals surface area contributed by atoms with Gasteiger partial charge in [-0.1, -0.05) is 11.8 Å². The SMILES string of the molecule is Cl.Cl.Cl.NCCc1nc2ccc(C#Cc3cccnc3)cc2[nH]1. The van der Waals surface area contributed by atoms with Crippen LogP contribution in [0.15, 0.2) is 42.7 Å². The molecule has 3 rings (SSSR count). The van der Waals surface area contributed by atoms with Crippen LogP contribution >= 0.6 is 37.2 Å². The van der Waals surface area contributed by atoms with Crippen molar-refractivity contribution < 1.29 is 0 Å². The molecular formula is C16H17Cl3N4. The third-order valence-corrected chi connectivity index (χ3v) is 2.92. The minimum absolute atomic E-state index is 0. The normalized spacial score (nSPS) is 8.91. The molecule has 0 spiro atoms. The zero-order valence-electron chi connectivity index (χ0n) is 12.2. The third-order valence-electron chi connectivity index (χ3n) is 2.92. The molecular weight excluding hydrogens is 355 g/mol. The number of fused-ring (bicyclic) bond motifs is 1. The molecule has 0 aliphatic rings. The van der Waals surface area contributed by atoms with Gasteiger partial charge in [-0.2, -0.15) is 0 Å². The number of benzene rings is 1. The Morgan fingerprint density at radius 3 is 2.52 bits per heavy atom. The number of H-pyrrole nitrogens is 1. The van der Waals surface area contributed by atoms with Gasteiger partial charge in [0, 0.05) is 29.9 Å². The summed E-state index contributed by atoms with van der Waals surface area (Å²) in [7, 11) is 0. The summed E-state index contributed by atoms with van der Waals surface area (Å²) in [5.41, 5.74) is 9.33. The van der Waals surface area contributed by atoms with Crippen LogP contribution in [0.2, 0.25) is 0 Å². The molecule has 0 radical (unpaired) electrons. The van der Waals surface area contributed by atoms with Crippen LogP contribution in [0.1, 0.15) is 17.0 Å². The Hall–Kier alpha value is -1.77. The van der Waals surface area contributed by atoms with E-state index in [1.165, 1.54) is 0 Å². The molecule has 0 aliphatic heterocycles. The maximum atomic E-state index is 5.54. The van der Waals surface area contributed by atoms with Gasteiger partial charge in [-0.05, 0) is 36.9 Å². The van der Waals surface area contributed by atoms with Crippen molar-refractivity contribution in [2.24, 2.45) is 5.73 Å². The quantitative estimate of drug-likeness (QED) is 0.680. The van der Waals surface area contributed by atoms with Crippen molar-refractivity contribution >= 4 is 48.3 Å². The van der Waals surface area contributed by atoms with E-state index in [1.807, 2.05) is 30.3 Å². The molecule has 0 aliphatic carbocycles. The zero-order valence-corrected chi connectivity index (χ0v) is 14.6. The number of hydrogen-bond donors (Lipinski definition) is 2. The number of halogens is 3. The zero-order chi connectivity index (χ0) is 13.8. The van der Waals surface area contributed by atoms with E-state index in [1.54, 1.807) is 12.4 Å². The largest absolute Gasteiger partial charge is 0.342 e. The van der Waals surface area contributed by atoms with Crippen molar-refractivity contribution in [3.8, 4) is 11.8 Å². The van der Waals surface area contributed by atoms with Crippen LogP contribution in [0.4, 0.5) is 0 Å². The van der Waals surface area contributed by atoms with Gasteiger partial charge in [0.25, 0.3) is 0 Å². The smallest absolute Gasteiger partial charge is 0.108 e. The molecule has 3 aromatic rings. The van der Waals surface area contributed by atoms with Gasteiger partial charge < -0.3 is 10.7 Å². The average Bonchev–Trinajstić information content (AvgIpc) is 2.88. The second-order valence-corrected chi connectivity index (χ2v) is 4.45. The van der Waals surface area contributed by atoms with Crippen LogP contribution in [-0.2, 0) is 6.42 Å². The highest BCUT2D eigenvalue weighted by atomic mass is 35.5. The third kappa shape index (κ3) is 5.42. The molecule has 122 valence electrons. The fraction of sp³-hybridized carbons (Fsp3) is 0.125. The second kappa shape index (κ2) is 10.1. The van der Waals surface area contributed by atoms with Gasteiger partial charge in [-0.15, -0.1) is 37.2 Å². The first-order valence-corrected chi connectivity index (χ1v) is 6.46. The Kier molecular flexibility index (Phi) is 9.31. The van der Waals surface area contributed by atoms with E-state index in [-0.39, 0.29) is 37.2 Å². The molecule has 0 saturated heterocycles. The van der Waals surface area contributed by atoms with E-state index in [2.05, 4.69) is 26.8 Å². The average molecular weight is 372 g/mol. The molecule has 1 aromatic carbocycles. The number of nitrogens with two attached hydrogens (primary N) is 1. The Balaban J connectivity index is 0.00000161. The second-order valence-electron chi connectivity index (χ2n) is 4.45. The van der Waals surface area contributed by atoms with Crippen molar-refractivity contribution in [3.05, 3.63) is 59.7 Å². The van der Waals surface area contributed by atoms with E-state index in [0.717, 1.165) is 34.4 Å². The van der Waals surface area contributed by atoms with Gasteiger partial charge in [0.1, 0.15) is 5.82 Å². The lowest BCUT2D eigenvalue weighted by Crippen LogP contribution is -2.03. The molecule has 0 fully saturated rings. The number of nitrogens with one attached hydrogen (secondary N) is 1. The number of nitrogens with zero attached hydrogens (tertiary/aromatic N) is 2. The minimum atomic E-state index is 0. The fourth-order valence-electron chi connectivity index (χ4n) is 1.98. The van der Waals surface area contributed by atoms with E-state index in [4.69, 9.17) is 5.73 Å². The Morgan fingerprint density at radius 2 is 1.83 bits per heavy atom. The first-order valence-electron chi connectivity index (χ1n) is 6.46. The maximum absolute atomic E-state index is 5.54. The molecule has 2 aromatic heterocycles. The summed E-state index contributed by atoms with van der Waals surface area (Å²) in [6, 6.07) is 9.76. The minimum Gasteiger partial charge on any atom is -0.342 e. The topological polar surface area (TPSA) is 67.6 Å². The predicted octanol–water partition coefficient (Wildman–Crippen LogP) is 3.12. The predicted molar refractivity (Wildman–Crippen MR) is 101 cm³/mol. The van der Waals surface area contributed by atoms with Crippen LogP contribution in [0, 0.1) is 11.8 Å². The Labute approximate surface area is 153 Å². The van der Waals surface area contributed by atoms with Gasteiger partial charge in [0.2, 0.25) is 0 Å². The van der Waals surface area contributed by atoms with Crippen molar-refractivity contribution in [2.75, 3.05) is 6.54 Å². The molecule has 23 heavy (non-hydrogen) atoms. The number of pyridine rings is 1. The van der Waals surface area contributed by atoms with E-state index in [0.29, 0.717) is 6.54 Å². The molecule has 0 unspecified atom stereocenters. The molecule has 0 amide bonds. The number of aromatic amines is 1. The first kappa shape index (κ1) is 21.2. The fourth-order valence-corrected chi connectivity index (χ4v) is 1.98. The highest BCUT2D eigenvalue weighted by Gasteiger charge is 2.02. The molecule has 0 saturated carbocycles. The van der Waals surface area contributed by atoms with Crippen LogP contribution in [0.5, 0.6) is 0 Å². The lowest BCUT2D eigenvalue weighted by molar-refractivity contribution is 0.900. The number of hydrogen-bond acceptors (Lipinski definition) is 3. The molecule has 2 heterocycles. The molecule has 3 N–H and O–H groups in total. The number of aromatic nitrogens is 3. The van der Waals surface area contributed by atoms with E-state index < -0.39 is 0 Å². The van der Waals surface area contributed by atoms with Gasteiger partial charge in [-0.3, -0.25) is 4.98 Å². The summed E-state index contributed by atoms with van der Waals surface area (Å²) in [6.07, 6.45) is 4.24. The summed E-state index contributed by atoms with van der Waals surface area (Å²) >= 11 is 0. The van der Waals surface area contributed by atoms with E-state index in [9.17, 15) is 0 Å². The Morgan fingerprint density at radius 1 is 1.04 bits per heavy atom. The van der Waals surface area contributed by atoms with Crippen molar-refractivity contribution in [3.63, 3.8) is 0 Å². The van der Waals surface area contributed by atoms with Gasteiger partial charge in [0.05, 0.1) is 11.0 Å².